The van der Waals surface area contributed by atoms with E-state index in [1.54, 1.807) is 6.92 Å². The van der Waals surface area contributed by atoms with E-state index >= 15 is 0 Å². The van der Waals surface area contributed by atoms with E-state index in [4.69, 9.17) is 4.74 Å². The molecule has 0 saturated carbocycles. The van der Waals surface area contributed by atoms with Crippen LogP contribution in [-0.2, 0) is 4.79 Å². The van der Waals surface area contributed by atoms with Gasteiger partial charge in [-0.1, -0.05) is 0 Å². The average molecular weight is 224 g/mol. The molecule has 0 unspecified atom stereocenters. The zero-order valence-corrected chi connectivity index (χ0v) is 9.23. The second kappa shape index (κ2) is 4.61. The zero-order chi connectivity index (χ0) is 12.3. The Morgan fingerprint density at radius 3 is 2.56 bits per heavy atom. The lowest BCUT2D eigenvalue weighted by Gasteiger charge is -2.09. The zero-order valence-electron chi connectivity index (χ0n) is 9.23. The number of carbonyl (C=O) groups excluding carboxylic acids is 1. The van der Waals surface area contributed by atoms with Crippen LogP contribution in [0.1, 0.15) is 12.5 Å². The Balaban J connectivity index is 3.28. The molecule has 0 bridgehead atoms. The van der Waals surface area contributed by atoms with Gasteiger partial charge in [0.25, 0.3) is 5.69 Å². The van der Waals surface area contributed by atoms with Crippen LogP contribution in [0, 0.1) is 17.0 Å². The topological polar surface area (TPSA) is 81.5 Å². The summed E-state index contributed by atoms with van der Waals surface area (Å²) >= 11 is 0. The van der Waals surface area contributed by atoms with Crippen molar-refractivity contribution in [2.45, 2.75) is 13.8 Å². The first-order valence-corrected chi connectivity index (χ1v) is 4.56. The lowest BCUT2D eigenvalue weighted by Crippen LogP contribution is -2.08. The molecule has 0 spiro atoms. The maximum Gasteiger partial charge on any atom is 0.274 e. The molecule has 16 heavy (non-hydrogen) atoms. The third-order valence-corrected chi connectivity index (χ3v) is 2.03. The number of ether oxygens (including phenoxy) is 1. The fraction of sp³-hybridized carbons (Fsp3) is 0.300. The molecule has 0 atom stereocenters. The summed E-state index contributed by atoms with van der Waals surface area (Å²) in [4.78, 5) is 21.1. The monoisotopic (exact) mass is 224 g/mol. The van der Waals surface area contributed by atoms with Crippen LogP contribution in [-0.4, -0.2) is 17.9 Å². The predicted molar refractivity (Wildman–Crippen MR) is 58.7 cm³/mol. The van der Waals surface area contributed by atoms with Crippen LogP contribution < -0.4 is 10.1 Å². The number of amides is 1. The van der Waals surface area contributed by atoms with Gasteiger partial charge in [0.05, 0.1) is 17.7 Å². The maximum absolute atomic E-state index is 10.9. The first-order valence-electron chi connectivity index (χ1n) is 4.56. The first kappa shape index (κ1) is 12.0. The van der Waals surface area contributed by atoms with Gasteiger partial charge in [-0.15, -0.1) is 0 Å². The van der Waals surface area contributed by atoms with Gasteiger partial charge in [0.1, 0.15) is 5.75 Å². The van der Waals surface area contributed by atoms with Crippen LogP contribution in [0.25, 0.3) is 0 Å². The Morgan fingerprint density at radius 1 is 1.50 bits per heavy atom. The minimum atomic E-state index is -0.500. The van der Waals surface area contributed by atoms with Gasteiger partial charge in [-0.25, -0.2) is 0 Å². The summed E-state index contributed by atoms with van der Waals surface area (Å²) in [6.45, 7) is 2.93. The van der Waals surface area contributed by atoms with Crippen LogP contribution in [0.4, 0.5) is 11.4 Å². The van der Waals surface area contributed by atoms with Crippen molar-refractivity contribution in [1.29, 1.82) is 0 Å². The van der Waals surface area contributed by atoms with Gasteiger partial charge in [-0.3, -0.25) is 14.9 Å². The van der Waals surface area contributed by atoms with E-state index < -0.39 is 4.92 Å². The molecule has 1 rings (SSSR count). The Kier molecular flexibility index (Phi) is 3.44. The van der Waals surface area contributed by atoms with Gasteiger partial charge in [-0.2, -0.15) is 0 Å². The number of methoxy groups -OCH3 is 1. The smallest absolute Gasteiger partial charge is 0.274 e. The molecule has 0 aliphatic carbocycles. The first-order chi connectivity index (χ1) is 7.45. The second-order valence-corrected chi connectivity index (χ2v) is 3.28. The van der Waals surface area contributed by atoms with Crippen molar-refractivity contribution in [3.63, 3.8) is 0 Å². The molecular formula is C10H12N2O4. The van der Waals surface area contributed by atoms with Crippen molar-refractivity contribution < 1.29 is 14.5 Å². The number of rotatable bonds is 3. The summed E-state index contributed by atoms with van der Waals surface area (Å²) in [6.07, 6.45) is 0. The average Bonchev–Trinajstić information content (AvgIpc) is 2.18. The van der Waals surface area contributed by atoms with Crippen molar-refractivity contribution in [3.05, 3.63) is 27.8 Å². The Labute approximate surface area is 92.4 Å². The fourth-order valence-electron chi connectivity index (χ4n) is 1.32. The molecule has 0 saturated heterocycles. The van der Waals surface area contributed by atoms with Crippen molar-refractivity contribution in [1.82, 2.24) is 0 Å². The molecular weight excluding hydrogens is 212 g/mol. The van der Waals surface area contributed by atoms with E-state index in [-0.39, 0.29) is 11.6 Å². The number of anilines is 1. The number of nitro benzene ring substituents is 1. The molecule has 1 N–H and O–H groups in total. The largest absolute Gasteiger partial charge is 0.495 e. The minimum absolute atomic E-state index is 0.0513. The van der Waals surface area contributed by atoms with Crippen molar-refractivity contribution in [3.8, 4) is 5.75 Å². The van der Waals surface area contributed by atoms with Crippen LogP contribution in [0.2, 0.25) is 0 Å². The summed E-state index contributed by atoms with van der Waals surface area (Å²) in [5.41, 5.74) is 0.729. The van der Waals surface area contributed by atoms with Gasteiger partial charge >= 0.3 is 0 Å². The summed E-state index contributed by atoms with van der Waals surface area (Å²) in [5.74, 6) is 0.0924. The Hall–Kier alpha value is -2.11. The number of nitro groups is 1. The van der Waals surface area contributed by atoms with E-state index in [9.17, 15) is 14.9 Å². The quantitative estimate of drug-likeness (QED) is 0.627. The standard InChI is InChI=1S/C10H12N2O4/c1-6-4-10(16-3)8(11-7(2)13)5-9(6)12(14)15/h4-5H,1-3H3,(H,11,13). The maximum atomic E-state index is 10.9. The third kappa shape index (κ3) is 2.47. The van der Waals surface area contributed by atoms with E-state index in [0.29, 0.717) is 17.0 Å². The number of carbonyl (C=O) groups is 1. The molecule has 1 aromatic rings. The lowest BCUT2D eigenvalue weighted by atomic mass is 10.1. The van der Waals surface area contributed by atoms with Gasteiger partial charge in [0.15, 0.2) is 0 Å². The molecule has 6 heteroatoms. The Bertz CT molecular complexity index is 443. The molecule has 0 heterocycles. The number of nitrogens with zero attached hydrogens (tertiary/aromatic N) is 1. The number of benzene rings is 1. The molecule has 1 aromatic carbocycles. The van der Waals surface area contributed by atoms with Gasteiger partial charge in [0.2, 0.25) is 5.91 Å². The molecule has 0 aliphatic heterocycles. The fourth-order valence-corrected chi connectivity index (χ4v) is 1.32. The van der Waals surface area contributed by atoms with Crippen LogP contribution >= 0.6 is 0 Å². The van der Waals surface area contributed by atoms with Crippen molar-refractivity contribution in [2.24, 2.45) is 0 Å². The van der Waals surface area contributed by atoms with Gasteiger partial charge in [0, 0.05) is 18.6 Å². The SMILES string of the molecule is COc1cc(C)c([N+](=O)[O-])cc1NC(C)=O. The highest BCUT2D eigenvalue weighted by Crippen LogP contribution is 2.32. The number of nitrogens with one attached hydrogen (secondary N) is 1. The van der Waals surface area contributed by atoms with Gasteiger partial charge < -0.3 is 10.1 Å². The molecule has 0 fully saturated rings. The lowest BCUT2D eigenvalue weighted by molar-refractivity contribution is -0.385. The predicted octanol–water partition coefficient (Wildman–Crippen LogP) is 1.87. The van der Waals surface area contributed by atoms with E-state index in [1.807, 2.05) is 0 Å². The molecule has 0 aromatic heterocycles. The Morgan fingerprint density at radius 2 is 2.12 bits per heavy atom. The third-order valence-electron chi connectivity index (χ3n) is 2.03. The summed E-state index contributed by atoms with van der Waals surface area (Å²) < 4.78 is 5.02. The van der Waals surface area contributed by atoms with Crippen LogP contribution in [0.5, 0.6) is 5.75 Å². The molecule has 0 radical (unpaired) electrons. The molecule has 6 nitrogen and oxygen atoms in total. The van der Waals surface area contributed by atoms with E-state index in [2.05, 4.69) is 5.32 Å². The highest BCUT2D eigenvalue weighted by Gasteiger charge is 2.16. The highest BCUT2D eigenvalue weighted by molar-refractivity contribution is 5.91. The summed E-state index contributed by atoms with van der Waals surface area (Å²) in [7, 11) is 1.44. The van der Waals surface area contributed by atoms with Gasteiger partial charge in [-0.05, 0) is 13.0 Å². The number of hydrogen-bond acceptors (Lipinski definition) is 4. The van der Waals surface area contributed by atoms with Crippen LogP contribution in [0.3, 0.4) is 0 Å². The van der Waals surface area contributed by atoms with E-state index in [1.165, 1.54) is 26.2 Å². The summed E-state index contributed by atoms with van der Waals surface area (Å²) in [5, 5.41) is 13.2. The van der Waals surface area contributed by atoms with E-state index in [0.717, 1.165) is 0 Å². The number of hydrogen-bond donors (Lipinski definition) is 1. The second-order valence-electron chi connectivity index (χ2n) is 3.28. The summed E-state index contributed by atoms with van der Waals surface area (Å²) in [6, 6.07) is 2.80. The number of aryl methyl sites for hydroxylation is 1. The van der Waals surface area contributed by atoms with Crippen LogP contribution in [0.15, 0.2) is 12.1 Å². The van der Waals surface area contributed by atoms with Crippen molar-refractivity contribution in [2.75, 3.05) is 12.4 Å². The molecule has 86 valence electrons. The molecule has 0 aliphatic rings. The normalized spacial score (nSPS) is 9.69. The molecule has 1 amide bonds. The highest BCUT2D eigenvalue weighted by atomic mass is 16.6. The van der Waals surface area contributed by atoms with Crippen molar-refractivity contribution >= 4 is 17.3 Å². The minimum Gasteiger partial charge on any atom is -0.495 e.